The van der Waals surface area contributed by atoms with Crippen LogP contribution in [0.2, 0.25) is 0 Å². The van der Waals surface area contributed by atoms with E-state index in [1.807, 2.05) is 72.9 Å². The normalized spacial score (nSPS) is 11.0. The number of nitrogens with zero attached hydrogens (tertiary/aromatic N) is 2. The molecule has 0 saturated heterocycles. The molecule has 0 saturated carbocycles. The third kappa shape index (κ3) is 5.33. The molecule has 0 spiro atoms. The zero-order chi connectivity index (χ0) is 22.7. The number of benzene rings is 4. The van der Waals surface area contributed by atoms with E-state index in [9.17, 15) is 0 Å². The quantitative estimate of drug-likeness (QED) is 0.138. The fourth-order valence-electron chi connectivity index (χ4n) is 4.07. The van der Waals surface area contributed by atoms with Gasteiger partial charge in [0.15, 0.2) is 0 Å². The zero-order valence-corrected chi connectivity index (χ0v) is 24.4. The molecule has 0 amide bonds. The maximum absolute atomic E-state index is 5.72. The Morgan fingerprint density at radius 2 is 1.56 bits per heavy atom. The summed E-state index contributed by atoms with van der Waals surface area (Å²) in [5.41, 5.74) is 5.70. The molecule has 0 unspecified atom stereocenters. The summed E-state index contributed by atoms with van der Waals surface area (Å²) in [7, 11) is 0. The smallest absolute Gasteiger partial charge is 0.0626 e. The zero-order valence-electron chi connectivity index (χ0n) is 19.2. The number of pyridine rings is 2. The van der Waals surface area contributed by atoms with Crippen molar-refractivity contribution in [1.82, 2.24) is 9.97 Å². The fourth-order valence-corrected chi connectivity index (χ4v) is 4.07. The van der Waals surface area contributed by atoms with Gasteiger partial charge in [-0.1, -0.05) is 23.8 Å². The van der Waals surface area contributed by atoms with Gasteiger partial charge in [0.2, 0.25) is 0 Å². The predicted octanol–water partition coefficient (Wildman–Crippen LogP) is 6.89. The van der Waals surface area contributed by atoms with Crippen molar-refractivity contribution in [2.45, 2.75) is 6.61 Å². The Labute approximate surface area is 249 Å². The van der Waals surface area contributed by atoms with Crippen LogP contribution < -0.4 is 4.74 Å². The first-order valence-electron chi connectivity index (χ1n) is 11.0. The minimum absolute atomic E-state index is 0. The van der Waals surface area contributed by atoms with E-state index in [4.69, 9.17) is 4.74 Å². The fraction of sp³-hybridized carbons (Fsp3) is 0.0323. The Morgan fingerprint density at radius 3 is 2.44 bits per heavy atom. The third-order valence-corrected chi connectivity index (χ3v) is 5.73. The maximum Gasteiger partial charge on any atom is 0.0626 e. The average Bonchev–Trinajstić information content (AvgIpc) is 2.93. The molecule has 174 valence electrons. The number of aromatic nitrogens is 2. The second-order valence-electron chi connectivity index (χ2n) is 7.87. The summed E-state index contributed by atoms with van der Waals surface area (Å²) in [5.74, 6) is 0.764. The number of hydrogen-bond donors (Lipinski definition) is 0. The van der Waals surface area contributed by atoms with Crippen molar-refractivity contribution in [3.05, 3.63) is 127 Å². The SMILES string of the molecule is [Ir].[Y].[c-]1cccc2ccc3cccnc3c12.[c-]1ccccc1-c1[c-]cc2c(n1)-c1[c-]cccc1CO2. The number of ether oxygens (including phenoxy) is 1. The third-order valence-electron chi connectivity index (χ3n) is 5.73. The molecule has 2 radical (unpaired) electrons. The summed E-state index contributed by atoms with van der Waals surface area (Å²) < 4.78 is 5.72. The van der Waals surface area contributed by atoms with Crippen LogP contribution in [0.4, 0.5) is 0 Å². The second-order valence-corrected chi connectivity index (χ2v) is 7.87. The van der Waals surface area contributed by atoms with E-state index in [-0.39, 0.29) is 52.8 Å². The van der Waals surface area contributed by atoms with E-state index in [2.05, 4.69) is 58.5 Å². The molecule has 0 N–H and O–H groups in total. The Hall–Kier alpha value is -2.75. The van der Waals surface area contributed by atoms with E-state index < -0.39 is 0 Å². The molecule has 4 aromatic carbocycles. The van der Waals surface area contributed by atoms with E-state index in [1.165, 1.54) is 10.8 Å². The maximum atomic E-state index is 5.72. The van der Waals surface area contributed by atoms with Crippen LogP contribution in [-0.2, 0) is 59.4 Å². The molecular formula is C31H18IrN2OY-4. The Morgan fingerprint density at radius 1 is 0.750 bits per heavy atom. The van der Waals surface area contributed by atoms with Gasteiger partial charge in [0, 0.05) is 64.8 Å². The second kappa shape index (κ2) is 12.0. The minimum atomic E-state index is 0. The van der Waals surface area contributed by atoms with E-state index in [0.29, 0.717) is 6.61 Å². The van der Waals surface area contributed by atoms with Crippen LogP contribution in [0.15, 0.2) is 97.2 Å². The van der Waals surface area contributed by atoms with Gasteiger partial charge in [-0.2, -0.15) is 24.3 Å². The van der Waals surface area contributed by atoms with Gasteiger partial charge in [-0.05, 0) is 22.7 Å². The Balaban J connectivity index is 0.000000169. The van der Waals surface area contributed by atoms with Gasteiger partial charge < -0.3 is 14.7 Å². The van der Waals surface area contributed by atoms with Crippen LogP contribution in [0.25, 0.3) is 44.2 Å². The monoisotopic (exact) mass is 716 g/mol. The number of hydrogen-bond acceptors (Lipinski definition) is 3. The van der Waals surface area contributed by atoms with Crippen LogP contribution in [0, 0.1) is 24.3 Å². The number of fused-ring (bicyclic) bond motifs is 6. The van der Waals surface area contributed by atoms with Crippen molar-refractivity contribution in [3.8, 4) is 28.3 Å². The standard InChI is InChI=1S/C18H10NO.C13H8N.Ir.Y/c1-2-6-13(7-3-1)16-10-11-17-18(19-16)15-9-5-4-8-14(15)12-20-17;1-2-6-12-10(4-1)7-8-11-5-3-9-14-13(11)12;;/h1-6,8,11H,12H2;1-5,7-9H;;/q-3;-1;;. The topological polar surface area (TPSA) is 35.0 Å². The van der Waals surface area contributed by atoms with Crippen LogP contribution in [0.3, 0.4) is 0 Å². The summed E-state index contributed by atoms with van der Waals surface area (Å²) in [6.07, 6.45) is 1.82. The molecule has 0 atom stereocenters. The van der Waals surface area contributed by atoms with Gasteiger partial charge in [-0.15, -0.1) is 76.6 Å². The Bertz CT molecular complexity index is 1570. The van der Waals surface area contributed by atoms with Crippen molar-refractivity contribution < 1.29 is 57.6 Å². The van der Waals surface area contributed by atoms with Crippen LogP contribution in [-0.4, -0.2) is 9.97 Å². The molecular weight excluding hydrogens is 697 g/mol. The molecule has 0 aliphatic carbocycles. The molecule has 0 fully saturated rings. The molecule has 36 heavy (non-hydrogen) atoms. The summed E-state index contributed by atoms with van der Waals surface area (Å²) in [6, 6.07) is 42.6. The largest absolute Gasteiger partial charge is 0.562 e. The van der Waals surface area contributed by atoms with Gasteiger partial charge in [-0.3, -0.25) is 0 Å². The minimum Gasteiger partial charge on any atom is -0.562 e. The summed E-state index contributed by atoms with van der Waals surface area (Å²) >= 11 is 0. The van der Waals surface area contributed by atoms with Gasteiger partial charge in [0.25, 0.3) is 0 Å². The molecule has 5 heteroatoms. The van der Waals surface area contributed by atoms with E-state index in [0.717, 1.165) is 44.7 Å². The molecule has 3 heterocycles. The molecule has 7 rings (SSSR count). The van der Waals surface area contributed by atoms with Crippen molar-refractivity contribution in [2.75, 3.05) is 0 Å². The average molecular weight is 716 g/mol. The van der Waals surface area contributed by atoms with Crippen LogP contribution in [0.5, 0.6) is 5.75 Å². The van der Waals surface area contributed by atoms with E-state index in [1.54, 1.807) is 0 Å². The van der Waals surface area contributed by atoms with Crippen molar-refractivity contribution >= 4 is 21.7 Å². The summed E-state index contributed by atoms with van der Waals surface area (Å²) in [6.45, 7) is 0.562. The molecule has 1 aliphatic heterocycles. The van der Waals surface area contributed by atoms with Crippen molar-refractivity contribution in [2.24, 2.45) is 0 Å². The van der Waals surface area contributed by atoms with Gasteiger partial charge in [0.05, 0.1) is 6.61 Å². The molecule has 3 nitrogen and oxygen atoms in total. The summed E-state index contributed by atoms with van der Waals surface area (Å²) in [4.78, 5) is 9.06. The predicted molar refractivity (Wildman–Crippen MR) is 134 cm³/mol. The first-order chi connectivity index (χ1) is 16.9. The van der Waals surface area contributed by atoms with Gasteiger partial charge >= 0.3 is 0 Å². The first-order valence-corrected chi connectivity index (χ1v) is 11.0. The molecule has 0 bridgehead atoms. The summed E-state index contributed by atoms with van der Waals surface area (Å²) in [5, 5.41) is 3.46. The number of rotatable bonds is 1. The molecule has 2 aromatic heterocycles. The van der Waals surface area contributed by atoms with Crippen LogP contribution in [0.1, 0.15) is 5.56 Å². The van der Waals surface area contributed by atoms with Crippen molar-refractivity contribution in [1.29, 1.82) is 0 Å². The molecule has 6 aromatic rings. The van der Waals surface area contributed by atoms with E-state index >= 15 is 0 Å². The molecule has 1 aliphatic rings. The Kier molecular flexibility index (Phi) is 8.77. The van der Waals surface area contributed by atoms with Crippen molar-refractivity contribution in [3.63, 3.8) is 0 Å². The van der Waals surface area contributed by atoms with Crippen LogP contribution >= 0.6 is 0 Å². The van der Waals surface area contributed by atoms with Gasteiger partial charge in [0.1, 0.15) is 0 Å². The van der Waals surface area contributed by atoms with Gasteiger partial charge in [-0.25, -0.2) is 17.7 Å². The first kappa shape index (κ1) is 26.3.